The summed E-state index contributed by atoms with van der Waals surface area (Å²) in [5.41, 5.74) is 0. The van der Waals surface area contributed by atoms with E-state index in [0.29, 0.717) is 17.8 Å². The third-order valence-electron chi connectivity index (χ3n) is 3.51. The molecule has 2 nitrogen and oxygen atoms in total. The molecule has 0 spiro atoms. The van der Waals surface area contributed by atoms with E-state index in [1.807, 2.05) is 0 Å². The van der Waals surface area contributed by atoms with Gasteiger partial charge in [-0.3, -0.25) is 0 Å². The molecule has 4 unspecified atom stereocenters. The van der Waals surface area contributed by atoms with Crippen molar-refractivity contribution in [3.05, 3.63) is 12.2 Å². The van der Waals surface area contributed by atoms with Gasteiger partial charge in [0.15, 0.2) is 0 Å². The number of fused-ring (bicyclic) bond motifs is 2. The van der Waals surface area contributed by atoms with Crippen LogP contribution in [0.25, 0.3) is 0 Å². The summed E-state index contributed by atoms with van der Waals surface area (Å²) in [7, 11) is 0. The van der Waals surface area contributed by atoms with Gasteiger partial charge in [0.2, 0.25) is 0 Å². The summed E-state index contributed by atoms with van der Waals surface area (Å²) in [6.45, 7) is 3.89. The third-order valence-corrected chi connectivity index (χ3v) is 3.51. The molecule has 2 bridgehead atoms. The summed E-state index contributed by atoms with van der Waals surface area (Å²) < 4.78 is 5.61. The number of hydrogen-bond donors (Lipinski definition) is 1. The highest BCUT2D eigenvalue weighted by Gasteiger charge is 2.43. The van der Waals surface area contributed by atoms with E-state index in [4.69, 9.17) is 4.74 Å². The van der Waals surface area contributed by atoms with Crippen molar-refractivity contribution in [2.24, 2.45) is 17.8 Å². The zero-order valence-electron chi connectivity index (χ0n) is 8.86. The quantitative estimate of drug-likeness (QED) is 0.538. The summed E-state index contributed by atoms with van der Waals surface area (Å²) in [6.07, 6.45) is 7.69. The molecule has 14 heavy (non-hydrogen) atoms. The second-order valence-electron chi connectivity index (χ2n) is 4.54. The van der Waals surface area contributed by atoms with E-state index < -0.39 is 0 Å². The van der Waals surface area contributed by atoms with Crippen molar-refractivity contribution in [1.82, 2.24) is 0 Å². The number of rotatable bonds is 5. The molecule has 2 heteroatoms. The van der Waals surface area contributed by atoms with Gasteiger partial charge in [0.1, 0.15) is 0 Å². The first-order valence-electron chi connectivity index (χ1n) is 5.77. The van der Waals surface area contributed by atoms with Crippen LogP contribution in [0.4, 0.5) is 0 Å². The Kier molecular flexibility index (Phi) is 3.24. The molecule has 0 amide bonds. The van der Waals surface area contributed by atoms with Gasteiger partial charge >= 0.3 is 0 Å². The lowest BCUT2D eigenvalue weighted by Gasteiger charge is -2.17. The van der Waals surface area contributed by atoms with E-state index >= 15 is 0 Å². The molecule has 1 N–H and O–H groups in total. The van der Waals surface area contributed by atoms with Gasteiger partial charge in [-0.25, -0.2) is 0 Å². The average molecular weight is 196 g/mol. The minimum atomic E-state index is -0.116. The molecule has 0 aromatic carbocycles. The minimum absolute atomic E-state index is 0.116. The highest BCUT2D eigenvalue weighted by Crippen LogP contribution is 2.43. The minimum Gasteiger partial charge on any atom is -0.392 e. The average Bonchev–Trinajstić information content (AvgIpc) is 2.69. The van der Waals surface area contributed by atoms with Gasteiger partial charge < -0.3 is 9.84 Å². The first-order chi connectivity index (χ1) is 6.83. The SMILES string of the molecule is CCCCOCC1CC2C=CC1C2O. The van der Waals surface area contributed by atoms with Crippen molar-refractivity contribution in [3.63, 3.8) is 0 Å². The van der Waals surface area contributed by atoms with E-state index in [1.165, 1.54) is 6.42 Å². The highest BCUT2D eigenvalue weighted by atomic mass is 16.5. The Bertz CT molecular complexity index is 212. The lowest BCUT2D eigenvalue weighted by atomic mass is 9.94. The van der Waals surface area contributed by atoms with Crippen LogP contribution in [0.1, 0.15) is 26.2 Å². The predicted octanol–water partition coefficient (Wildman–Crippen LogP) is 1.99. The molecular formula is C12H20O2. The maximum atomic E-state index is 9.78. The molecule has 0 radical (unpaired) electrons. The number of hydrogen-bond acceptors (Lipinski definition) is 2. The van der Waals surface area contributed by atoms with Crippen LogP contribution in [-0.2, 0) is 4.74 Å². The number of unbranched alkanes of at least 4 members (excludes halogenated alkanes) is 1. The lowest BCUT2D eigenvalue weighted by molar-refractivity contribution is 0.0730. The summed E-state index contributed by atoms with van der Waals surface area (Å²) in [5, 5.41) is 9.78. The maximum Gasteiger partial charge on any atom is 0.0668 e. The summed E-state index contributed by atoms with van der Waals surface area (Å²) >= 11 is 0. The number of aliphatic hydroxyl groups is 1. The van der Waals surface area contributed by atoms with Gasteiger partial charge in [0.25, 0.3) is 0 Å². The van der Waals surface area contributed by atoms with Gasteiger partial charge in [-0.1, -0.05) is 25.5 Å². The molecular weight excluding hydrogens is 176 g/mol. The molecule has 0 aliphatic heterocycles. The van der Waals surface area contributed by atoms with Crippen LogP contribution >= 0.6 is 0 Å². The van der Waals surface area contributed by atoms with E-state index in [9.17, 15) is 5.11 Å². The van der Waals surface area contributed by atoms with Crippen LogP contribution in [0.15, 0.2) is 12.2 Å². The van der Waals surface area contributed by atoms with Gasteiger partial charge in [0, 0.05) is 18.4 Å². The van der Waals surface area contributed by atoms with Gasteiger partial charge in [-0.15, -0.1) is 0 Å². The Hall–Kier alpha value is -0.340. The van der Waals surface area contributed by atoms with E-state index in [-0.39, 0.29) is 6.10 Å². The van der Waals surface area contributed by atoms with Crippen LogP contribution in [0.3, 0.4) is 0 Å². The maximum absolute atomic E-state index is 9.78. The van der Waals surface area contributed by atoms with Crippen LogP contribution < -0.4 is 0 Å². The number of ether oxygens (including phenoxy) is 1. The van der Waals surface area contributed by atoms with Crippen molar-refractivity contribution in [1.29, 1.82) is 0 Å². The van der Waals surface area contributed by atoms with Gasteiger partial charge in [0.05, 0.1) is 12.7 Å². The van der Waals surface area contributed by atoms with Crippen molar-refractivity contribution in [3.8, 4) is 0 Å². The van der Waals surface area contributed by atoms with Gasteiger partial charge in [-0.05, 0) is 18.8 Å². The molecule has 1 saturated carbocycles. The standard InChI is InChI=1S/C12H20O2/c1-2-3-6-14-8-10-7-9-4-5-11(10)12(9)13/h4-5,9-13H,2-3,6-8H2,1H3. The molecule has 0 saturated heterocycles. The first kappa shape index (κ1) is 10.2. The van der Waals surface area contributed by atoms with Crippen LogP contribution in [0.2, 0.25) is 0 Å². The third kappa shape index (κ3) is 1.86. The Balaban J connectivity index is 1.71. The second kappa shape index (κ2) is 4.45. The Morgan fingerprint density at radius 3 is 2.86 bits per heavy atom. The topological polar surface area (TPSA) is 29.5 Å². The molecule has 80 valence electrons. The second-order valence-corrected chi connectivity index (χ2v) is 4.54. The van der Waals surface area contributed by atoms with E-state index in [1.54, 1.807) is 0 Å². The van der Waals surface area contributed by atoms with Crippen molar-refractivity contribution in [2.45, 2.75) is 32.3 Å². The fourth-order valence-corrected chi connectivity index (χ4v) is 2.61. The Morgan fingerprint density at radius 2 is 2.29 bits per heavy atom. The van der Waals surface area contributed by atoms with Crippen LogP contribution in [0.5, 0.6) is 0 Å². The van der Waals surface area contributed by atoms with Crippen LogP contribution in [-0.4, -0.2) is 24.4 Å². The van der Waals surface area contributed by atoms with Crippen LogP contribution in [0, 0.1) is 17.8 Å². The van der Waals surface area contributed by atoms with Crippen molar-refractivity contribution in [2.75, 3.05) is 13.2 Å². The highest BCUT2D eigenvalue weighted by molar-refractivity contribution is 5.15. The van der Waals surface area contributed by atoms with Crippen molar-refractivity contribution >= 4 is 0 Å². The first-order valence-corrected chi connectivity index (χ1v) is 5.77. The monoisotopic (exact) mass is 196 g/mol. The summed E-state index contributed by atoms with van der Waals surface area (Å²) in [4.78, 5) is 0. The molecule has 0 aromatic rings. The normalized spacial score (nSPS) is 39.6. The Labute approximate surface area is 86.0 Å². The zero-order chi connectivity index (χ0) is 9.97. The molecule has 2 aliphatic carbocycles. The Morgan fingerprint density at radius 1 is 1.43 bits per heavy atom. The largest absolute Gasteiger partial charge is 0.392 e. The zero-order valence-corrected chi connectivity index (χ0v) is 8.86. The molecule has 1 fully saturated rings. The molecule has 2 aliphatic rings. The molecule has 2 rings (SSSR count). The molecule has 0 heterocycles. The summed E-state index contributed by atoms with van der Waals surface area (Å²) in [5.74, 6) is 1.36. The smallest absolute Gasteiger partial charge is 0.0668 e. The summed E-state index contributed by atoms with van der Waals surface area (Å²) in [6, 6.07) is 0. The predicted molar refractivity (Wildman–Crippen MR) is 56.0 cm³/mol. The fraction of sp³-hybridized carbons (Fsp3) is 0.833. The van der Waals surface area contributed by atoms with Crippen molar-refractivity contribution < 1.29 is 9.84 Å². The van der Waals surface area contributed by atoms with E-state index in [0.717, 1.165) is 26.1 Å². The lowest BCUT2D eigenvalue weighted by Crippen LogP contribution is -2.19. The molecule has 0 aromatic heterocycles. The number of aliphatic hydroxyl groups excluding tert-OH is 1. The fourth-order valence-electron chi connectivity index (χ4n) is 2.61. The van der Waals surface area contributed by atoms with E-state index in [2.05, 4.69) is 19.1 Å². The van der Waals surface area contributed by atoms with Gasteiger partial charge in [-0.2, -0.15) is 0 Å². The molecule has 4 atom stereocenters.